The average Bonchev–Trinajstić information content (AvgIpc) is 3.48. The molecular weight excluding hydrogens is 592 g/mol. The van der Waals surface area contributed by atoms with E-state index in [-0.39, 0.29) is 24.0 Å². The number of carbonyl (C=O) groups excluding carboxylic acids is 2. The minimum absolute atomic E-state index is 0.0129. The topological polar surface area (TPSA) is 119 Å². The maximum Gasteiger partial charge on any atom is 0.410 e. The molecule has 0 radical (unpaired) electrons. The van der Waals surface area contributed by atoms with Crippen LogP contribution in [0.3, 0.4) is 0 Å². The molecule has 3 heterocycles. The summed E-state index contributed by atoms with van der Waals surface area (Å²) in [4.78, 5) is 41.5. The van der Waals surface area contributed by atoms with E-state index in [9.17, 15) is 9.59 Å². The highest BCUT2D eigenvalue weighted by molar-refractivity contribution is 6.05. The predicted molar refractivity (Wildman–Crippen MR) is 184 cm³/mol. The van der Waals surface area contributed by atoms with Crippen LogP contribution >= 0.6 is 0 Å². The van der Waals surface area contributed by atoms with Gasteiger partial charge in [-0.15, -0.1) is 0 Å². The van der Waals surface area contributed by atoms with Gasteiger partial charge in [0.05, 0.1) is 11.3 Å². The summed E-state index contributed by atoms with van der Waals surface area (Å²) in [6.45, 7) is 10.9. The number of hydrogen-bond donors (Lipinski definition) is 2. The molecule has 1 aliphatic carbocycles. The second kappa shape index (κ2) is 13.6. The Labute approximate surface area is 276 Å². The molecule has 0 spiro atoms. The Morgan fingerprint density at radius 1 is 0.936 bits per heavy atom. The van der Waals surface area contributed by atoms with Crippen LogP contribution in [0.4, 0.5) is 16.4 Å². The number of nitrogens with zero attached hydrogens (tertiary/aromatic N) is 4. The van der Waals surface area contributed by atoms with Crippen molar-refractivity contribution in [3.05, 3.63) is 66.5 Å². The number of aromatic nitrogens is 3. The monoisotopic (exact) mass is 636 g/mol. The predicted octanol–water partition coefficient (Wildman–Crippen LogP) is 7.98. The average molecular weight is 637 g/mol. The minimum atomic E-state index is -0.547. The molecule has 47 heavy (non-hydrogen) atoms. The number of amides is 2. The van der Waals surface area contributed by atoms with E-state index in [0.29, 0.717) is 47.8 Å². The van der Waals surface area contributed by atoms with Gasteiger partial charge in [0.25, 0.3) is 0 Å². The Bertz CT molecular complexity index is 1770. The molecule has 246 valence electrons. The van der Waals surface area contributed by atoms with Crippen LogP contribution in [0.5, 0.6) is 11.6 Å². The highest BCUT2D eigenvalue weighted by Gasteiger charge is 2.30. The minimum Gasteiger partial charge on any atom is -0.444 e. The summed E-state index contributed by atoms with van der Waals surface area (Å²) < 4.78 is 12.2. The van der Waals surface area contributed by atoms with Crippen molar-refractivity contribution in [3.8, 4) is 22.9 Å². The summed E-state index contributed by atoms with van der Waals surface area (Å²) >= 11 is 0. The number of likely N-dealkylation sites (tertiary alicyclic amines) is 1. The molecule has 1 saturated carbocycles. The van der Waals surface area contributed by atoms with Crippen LogP contribution < -0.4 is 15.4 Å². The third-order valence-electron chi connectivity index (χ3n) is 8.97. The van der Waals surface area contributed by atoms with Gasteiger partial charge < -0.3 is 25.0 Å². The molecule has 2 fully saturated rings. The number of pyridine rings is 1. The van der Waals surface area contributed by atoms with E-state index >= 15 is 0 Å². The maximum atomic E-state index is 13.2. The lowest BCUT2D eigenvalue weighted by atomic mass is 9.97. The molecule has 2 aromatic carbocycles. The molecule has 0 bridgehead atoms. The van der Waals surface area contributed by atoms with Gasteiger partial charge in [0.2, 0.25) is 17.7 Å². The fourth-order valence-corrected chi connectivity index (χ4v) is 6.56. The molecule has 0 unspecified atom stereocenters. The molecule has 6 rings (SSSR count). The van der Waals surface area contributed by atoms with Gasteiger partial charge in [0, 0.05) is 53.9 Å². The normalized spacial score (nSPS) is 19.8. The van der Waals surface area contributed by atoms with Crippen molar-refractivity contribution in [1.82, 2.24) is 19.9 Å². The van der Waals surface area contributed by atoms with Crippen LogP contribution in [0, 0.1) is 18.8 Å². The molecule has 2 N–H and O–H groups in total. The van der Waals surface area contributed by atoms with Crippen molar-refractivity contribution in [2.75, 3.05) is 23.7 Å². The molecule has 10 nitrogen and oxygen atoms in total. The zero-order valence-electron chi connectivity index (χ0n) is 27.9. The Morgan fingerprint density at radius 3 is 2.57 bits per heavy atom. The van der Waals surface area contributed by atoms with Crippen molar-refractivity contribution in [2.45, 2.75) is 78.4 Å². The van der Waals surface area contributed by atoms with Gasteiger partial charge in [-0.25, -0.2) is 19.7 Å². The van der Waals surface area contributed by atoms with Gasteiger partial charge in [0.15, 0.2) is 0 Å². The van der Waals surface area contributed by atoms with Crippen LogP contribution in [-0.4, -0.2) is 56.6 Å². The summed E-state index contributed by atoms with van der Waals surface area (Å²) in [6.07, 6.45) is 7.95. The highest BCUT2D eigenvalue weighted by atomic mass is 16.6. The number of anilines is 2. The first kappa shape index (κ1) is 32.2. The van der Waals surface area contributed by atoms with Crippen molar-refractivity contribution in [1.29, 1.82) is 0 Å². The SMILES string of the molecule is Cc1ccc2c(NC(=O)[C@H]3CCC[C@@H]3C)cccc2c1Oc1ncccc1-c1ccnc(N[C@H]2CCCN(C(=O)OC(C)(C)C)C2)n1. The Kier molecular flexibility index (Phi) is 9.29. The number of nitrogens with one attached hydrogen (secondary N) is 2. The summed E-state index contributed by atoms with van der Waals surface area (Å²) in [7, 11) is 0. The molecule has 1 saturated heterocycles. The molecule has 4 aromatic rings. The standard InChI is InChI=1S/C37H44N6O4/c1-23-10-6-12-26(23)33(44)41-30-15-7-13-28-27(30)17-16-24(2)32(28)46-34-29(14-8-19-38-34)31-18-20-39-35(42-31)40-25-11-9-21-43(22-25)36(45)47-37(3,4)5/h7-8,13-20,23,25-26H,6,9-12,21-22H2,1-5H3,(H,41,44)(H,39,40,42)/t23-,25-,26-/m0/s1. The highest BCUT2D eigenvalue weighted by Crippen LogP contribution is 2.39. The number of carbonyl (C=O) groups is 2. The molecule has 2 amide bonds. The summed E-state index contributed by atoms with van der Waals surface area (Å²) in [5.41, 5.74) is 2.54. The first-order valence-corrected chi connectivity index (χ1v) is 16.6. The van der Waals surface area contributed by atoms with E-state index < -0.39 is 5.60 Å². The summed E-state index contributed by atoms with van der Waals surface area (Å²) in [6, 6.07) is 15.5. The zero-order valence-corrected chi connectivity index (χ0v) is 27.9. The molecule has 10 heteroatoms. The third-order valence-corrected chi connectivity index (χ3v) is 8.97. The second-order valence-corrected chi connectivity index (χ2v) is 13.7. The zero-order chi connectivity index (χ0) is 33.1. The number of fused-ring (bicyclic) bond motifs is 1. The van der Waals surface area contributed by atoms with E-state index in [0.717, 1.165) is 54.1 Å². The van der Waals surface area contributed by atoms with Crippen molar-refractivity contribution in [3.63, 3.8) is 0 Å². The van der Waals surface area contributed by atoms with E-state index in [1.165, 1.54) is 0 Å². The molecule has 2 aliphatic rings. The number of piperidine rings is 1. The van der Waals surface area contributed by atoms with Gasteiger partial charge in [-0.2, -0.15) is 0 Å². The Balaban J connectivity index is 1.23. The molecular formula is C37H44N6O4. The van der Waals surface area contributed by atoms with Crippen molar-refractivity contribution in [2.24, 2.45) is 11.8 Å². The first-order valence-electron chi connectivity index (χ1n) is 16.6. The number of rotatable bonds is 7. The van der Waals surface area contributed by atoms with Gasteiger partial charge in [-0.05, 0) is 89.1 Å². The fourth-order valence-electron chi connectivity index (χ4n) is 6.56. The van der Waals surface area contributed by atoms with E-state index in [4.69, 9.17) is 14.5 Å². The van der Waals surface area contributed by atoms with Gasteiger partial charge in [-0.1, -0.05) is 37.6 Å². The Morgan fingerprint density at radius 2 is 1.79 bits per heavy atom. The smallest absolute Gasteiger partial charge is 0.410 e. The van der Waals surface area contributed by atoms with Gasteiger partial charge >= 0.3 is 6.09 Å². The van der Waals surface area contributed by atoms with Gasteiger partial charge in [-0.3, -0.25) is 4.79 Å². The second-order valence-electron chi connectivity index (χ2n) is 13.7. The molecule has 3 atom stereocenters. The molecule has 2 aromatic heterocycles. The summed E-state index contributed by atoms with van der Waals surface area (Å²) in [5, 5.41) is 8.41. The maximum absolute atomic E-state index is 13.2. The number of aryl methyl sites for hydroxylation is 1. The lowest BCUT2D eigenvalue weighted by Crippen LogP contribution is -2.47. The lowest BCUT2D eigenvalue weighted by molar-refractivity contribution is -0.120. The summed E-state index contributed by atoms with van der Waals surface area (Å²) in [5.74, 6) is 2.06. The number of ether oxygens (including phenoxy) is 2. The third kappa shape index (κ3) is 7.48. The van der Waals surface area contributed by atoms with Crippen LogP contribution in [0.15, 0.2) is 60.9 Å². The number of hydrogen-bond acceptors (Lipinski definition) is 8. The number of benzene rings is 2. The lowest BCUT2D eigenvalue weighted by Gasteiger charge is -2.34. The quantitative estimate of drug-likeness (QED) is 0.210. The van der Waals surface area contributed by atoms with Crippen molar-refractivity contribution < 1.29 is 19.1 Å². The van der Waals surface area contributed by atoms with E-state index in [2.05, 4.69) is 27.5 Å². The van der Waals surface area contributed by atoms with E-state index in [1.54, 1.807) is 17.3 Å². The van der Waals surface area contributed by atoms with Crippen molar-refractivity contribution >= 4 is 34.4 Å². The van der Waals surface area contributed by atoms with Crippen LogP contribution in [0.1, 0.15) is 65.4 Å². The van der Waals surface area contributed by atoms with Crippen LogP contribution in [0.2, 0.25) is 0 Å². The van der Waals surface area contributed by atoms with E-state index in [1.807, 2.05) is 76.2 Å². The van der Waals surface area contributed by atoms with Gasteiger partial charge in [0.1, 0.15) is 11.4 Å². The largest absolute Gasteiger partial charge is 0.444 e. The Hall–Kier alpha value is -4.73. The van der Waals surface area contributed by atoms with Crippen LogP contribution in [0.25, 0.3) is 22.0 Å². The van der Waals surface area contributed by atoms with Crippen LogP contribution in [-0.2, 0) is 9.53 Å². The fraction of sp³-hybridized carbons (Fsp3) is 0.432. The molecule has 1 aliphatic heterocycles. The first-order chi connectivity index (χ1) is 22.6.